The van der Waals surface area contributed by atoms with E-state index in [1.54, 1.807) is 33.7 Å². The Kier molecular flexibility index (Phi) is 3.83. The van der Waals surface area contributed by atoms with Gasteiger partial charge in [0.05, 0.1) is 11.4 Å². The molecular formula is C18H17FN4O2. The number of carbonyl (C=O) groups is 1. The van der Waals surface area contributed by atoms with Crippen LogP contribution in [0.1, 0.15) is 24.5 Å². The summed E-state index contributed by atoms with van der Waals surface area (Å²) in [7, 11) is 0. The van der Waals surface area contributed by atoms with E-state index in [0.29, 0.717) is 24.4 Å². The summed E-state index contributed by atoms with van der Waals surface area (Å²) in [4.78, 5) is 27.5. The van der Waals surface area contributed by atoms with Gasteiger partial charge in [-0.1, -0.05) is 0 Å². The van der Waals surface area contributed by atoms with E-state index >= 15 is 0 Å². The van der Waals surface area contributed by atoms with Gasteiger partial charge in [0.2, 0.25) is 6.41 Å². The Bertz CT molecular complexity index is 969. The van der Waals surface area contributed by atoms with Crippen molar-refractivity contribution in [3.63, 3.8) is 0 Å². The van der Waals surface area contributed by atoms with Crippen molar-refractivity contribution in [1.82, 2.24) is 19.5 Å². The summed E-state index contributed by atoms with van der Waals surface area (Å²) < 4.78 is 14.9. The van der Waals surface area contributed by atoms with Crippen LogP contribution in [0.3, 0.4) is 0 Å². The van der Waals surface area contributed by atoms with E-state index in [1.165, 1.54) is 12.1 Å². The maximum atomic E-state index is 13.1. The minimum Gasteiger partial charge on any atom is -0.345 e. The average Bonchev–Trinajstić information content (AvgIpc) is 3.05. The van der Waals surface area contributed by atoms with Gasteiger partial charge in [-0.05, 0) is 37.1 Å². The molecule has 1 fully saturated rings. The highest BCUT2D eigenvalue weighted by molar-refractivity contribution is 5.64. The van der Waals surface area contributed by atoms with Crippen molar-refractivity contribution in [2.45, 2.75) is 18.8 Å². The minimum absolute atomic E-state index is 0.168. The number of halogens is 1. The monoisotopic (exact) mass is 340 g/mol. The average molecular weight is 340 g/mol. The standard InChI is InChI=1S/C18H17FN4O2/c19-14-3-1-12(2-4-14)15-9-17-20-18(25)10-16(23(17)21-15)13-5-7-22(11-24)8-6-13/h1-4,9-11,13H,5-8H2,(H,20,25). The highest BCUT2D eigenvalue weighted by Gasteiger charge is 2.23. The summed E-state index contributed by atoms with van der Waals surface area (Å²) in [6, 6.07) is 9.47. The Morgan fingerprint density at radius 2 is 1.88 bits per heavy atom. The lowest BCUT2D eigenvalue weighted by Crippen LogP contribution is -2.32. The molecule has 3 aromatic rings. The maximum Gasteiger partial charge on any atom is 0.251 e. The van der Waals surface area contributed by atoms with E-state index in [0.717, 1.165) is 30.5 Å². The van der Waals surface area contributed by atoms with Gasteiger partial charge < -0.3 is 9.88 Å². The van der Waals surface area contributed by atoms with Crippen LogP contribution in [-0.2, 0) is 4.79 Å². The normalized spacial score (nSPS) is 15.6. The van der Waals surface area contributed by atoms with Gasteiger partial charge in [-0.15, -0.1) is 0 Å². The van der Waals surface area contributed by atoms with E-state index in [9.17, 15) is 14.0 Å². The molecule has 25 heavy (non-hydrogen) atoms. The lowest BCUT2D eigenvalue weighted by atomic mass is 9.93. The first kappa shape index (κ1) is 15.6. The van der Waals surface area contributed by atoms with E-state index in [1.807, 2.05) is 0 Å². The molecule has 0 aliphatic carbocycles. The number of aromatic amines is 1. The molecule has 0 spiro atoms. The summed E-state index contributed by atoms with van der Waals surface area (Å²) in [5.41, 5.74) is 2.74. The number of fused-ring (bicyclic) bond motifs is 1. The summed E-state index contributed by atoms with van der Waals surface area (Å²) in [6.07, 6.45) is 2.45. The number of hydrogen-bond donors (Lipinski definition) is 1. The van der Waals surface area contributed by atoms with Crippen LogP contribution in [0.15, 0.2) is 41.2 Å². The summed E-state index contributed by atoms with van der Waals surface area (Å²) in [5.74, 6) is -0.134. The third kappa shape index (κ3) is 2.93. The highest BCUT2D eigenvalue weighted by atomic mass is 19.1. The third-order valence-electron chi connectivity index (χ3n) is 4.72. The largest absolute Gasteiger partial charge is 0.345 e. The molecule has 1 amide bonds. The topological polar surface area (TPSA) is 70.5 Å². The fourth-order valence-electron chi connectivity index (χ4n) is 3.38. The number of aromatic nitrogens is 3. The molecule has 0 radical (unpaired) electrons. The van der Waals surface area contributed by atoms with Crippen molar-refractivity contribution < 1.29 is 9.18 Å². The van der Waals surface area contributed by atoms with Gasteiger partial charge in [-0.25, -0.2) is 8.91 Å². The predicted molar refractivity (Wildman–Crippen MR) is 90.8 cm³/mol. The molecule has 0 unspecified atom stereocenters. The number of carbonyl (C=O) groups excluding carboxylic acids is 1. The molecule has 1 aliphatic heterocycles. The molecule has 6 nitrogen and oxygen atoms in total. The number of likely N-dealkylation sites (tertiary alicyclic amines) is 1. The molecule has 3 heterocycles. The zero-order chi connectivity index (χ0) is 17.4. The Labute approximate surface area is 142 Å². The number of H-pyrrole nitrogens is 1. The van der Waals surface area contributed by atoms with Crippen molar-refractivity contribution in [3.05, 3.63) is 58.3 Å². The smallest absolute Gasteiger partial charge is 0.251 e. The van der Waals surface area contributed by atoms with Crippen molar-refractivity contribution in [2.24, 2.45) is 0 Å². The number of rotatable bonds is 3. The second-order valence-corrected chi connectivity index (χ2v) is 6.31. The van der Waals surface area contributed by atoms with Crippen LogP contribution in [0.25, 0.3) is 16.9 Å². The van der Waals surface area contributed by atoms with E-state index in [2.05, 4.69) is 10.1 Å². The number of nitrogens with one attached hydrogen (secondary N) is 1. The zero-order valence-electron chi connectivity index (χ0n) is 13.5. The van der Waals surface area contributed by atoms with E-state index < -0.39 is 0 Å². The molecule has 128 valence electrons. The molecule has 1 N–H and O–H groups in total. The predicted octanol–water partition coefficient (Wildman–Crippen LogP) is 2.16. The van der Waals surface area contributed by atoms with Crippen LogP contribution in [0.4, 0.5) is 4.39 Å². The van der Waals surface area contributed by atoms with Crippen LogP contribution in [0.2, 0.25) is 0 Å². The van der Waals surface area contributed by atoms with Gasteiger partial charge >= 0.3 is 0 Å². The van der Waals surface area contributed by atoms with Gasteiger partial charge in [0.15, 0.2) is 0 Å². The molecule has 1 aliphatic rings. The minimum atomic E-state index is -0.302. The Hall–Kier alpha value is -2.96. The number of benzene rings is 1. The van der Waals surface area contributed by atoms with Crippen LogP contribution in [0, 0.1) is 5.82 Å². The number of piperidine rings is 1. The maximum absolute atomic E-state index is 13.1. The Morgan fingerprint density at radius 1 is 1.16 bits per heavy atom. The Balaban J connectivity index is 1.76. The number of nitrogens with zero attached hydrogens (tertiary/aromatic N) is 3. The van der Waals surface area contributed by atoms with E-state index in [-0.39, 0.29) is 17.3 Å². The molecule has 2 aromatic heterocycles. The van der Waals surface area contributed by atoms with Gasteiger partial charge in [0.25, 0.3) is 5.56 Å². The summed E-state index contributed by atoms with van der Waals surface area (Å²) >= 11 is 0. The molecule has 0 saturated carbocycles. The fraction of sp³-hybridized carbons (Fsp3) is 0.278. The van der Waals surface area contributed by atoms with Crippen molar-refractivity contribution >= 4 is 12.1 Å². The molecule has 7 heteroatoms. The van der Waals surface area contributed by atoms with Crippen LogP contribution in [0.5, 0.6) is 0 Å². The second kappa shape index (κ2) is 6.16. The number of hydrogen-bond acceptors (Lipinski definition) is 3. The molecule has 0 atom stereocenters. The van der Waals surface area contributed by atoms with Crippen molar-refractivity contribution in [1.29, 1.82) is 0 Å². The first-order valence-electron chi connectivity index (χ1n) is 8.22. The SMILES string of the molecule is O=CN1CCC(c2cc(=O)[nH]c3cc(-c4ccc(F)cc4)nn23)CC1. The molecule has 0 bridgehead atoms. The molecular weight excluding hydrogens is 323 g/mol. The van der Waals surface area contributed by atoms with Crippen LogP contribution < -0.4 is 5.56 Å². The first-order chi connectivity index (χ1) is 12.1. The second-order valence-electron chi connectivity index (χ2n) is 6.31. The van der Waals surface area contributed by atoms with Gasteiger partial charge in [-0.2, -0.15) is 5.10 Å². The zero-order valence-corrected chi connectivity index (χ0v) is 13.5. The van der Waals surface area contributed by atoms with Crippen molar-refractivity contribution in [2.75, 3.05) is 13.1 Å². The first-order valence-corrected chi connectivity index (χ1v) is 8.22. The van der Waals surface area contributed by atoms with Crippen molar-refractivity contribution in [3.8, 4) is 11.3 Å². The summed E-state index contributed by atoms with van der Waals surface area (Å²) in [5, 5.41) is 4.61. The highest BCUT2D eigenvalue weighted by Crippen LogP contribution is 2.28. The molecule has 1 saturated heterocycles. The van der Waals surface area contributed by atoms with Crippen LogP contribution in [-0.4, -0.2) is 39.0 Å². The van der Waals surface area contributed by atoms with Gasteiger partial charge in [0, 0.05) is 36.7 Å². The number of amides is 1. The third-order valence-corrected chi connectivity index (χ3v) is 4.72. The lowest BCUT2D eigenvalue weighted by Gasteiger charge is -2.29. The molecule has 1 aromatic carbocycles. The van der Waals surface area contributed by atoms with Gasteiger partial charge in [-0.3, -0.25) is 9.59 Å². The summed E-state index contributed by atoms with van der Waals surface area (Å²) in [6.45, 7) is 1.35. The van der Waals surface area contributed by atoms with Crippen LogP contribution >= 0.6 is 0 Å². The molecule has 4 rings (SSSR count). The van der Waals surface area contributed by atoms with E-state index in [4.69, 9.17) is 0 Å². The van der Waals surface area contributed by atoms with Gasteiger partial charge in [0.1, 0.15) is 11.5 Å². The quantitative estimate of drug-likeness (QED) is 0.743. The Morgan fingerprint density at radius 3 is 2.56 bits per heavy atom. The fourth-order valence-corrected chi connectivity index (χ4v) is 3.38. The lowest BCUT2D eigenvalue weighted by molar-refractivity contribution is -0.119.